The summed E-state index contributed by atoms with van der Waals surface area (Å²) in [4.78, 5) is 8.03. The second-order valence-corrected chi connectivity index (χ2v) is 3.83. The molecule has 1 fully saturated rings. The standard InChI is InChI=1S/C10H15N3O/c11-8-3-1-2-7(8)10(14)9-6-12-4-5-13-9/h4-8,10,14H,1-3,11H2/t7-,8+,10?/m0/s1. The summed E-state index contributed by atoms with van der Waals surface area (Å²) in [5.41, 5.74) is 6.54. The van der Waals surface area contributed by atoms with E-state index in [1.165, 1.54) is 0 Å². The van der Waals surface area contributed by atoms with Gasteiger partial charge in [0.1, 0.15) is 6.10 Å². The molecule has 1 heterocycles. The van der Waals surface area contributed by atoms with Crippen molar-refractivity contribution in [2.24, 2.45) is 11.7 Å². The lowest BCUT2D eigenvalue weighted by molar-refractivity contribution is 0.0985. The van der Waals surface area contributed by atoms with Gasteiger partial charge in [-0.25, -0.2) is 0 Å². The van der Waals surface area contributed by atoms with Crippen molar-refractivity contribution < 1.29 is 5.11 Å². The normalized spacial score (nSPS) is 29.0. The van der Waals surface area contributed by atoms with E-state index in [0.29, 0.717) is 5.69 Å². The minimum absolute atomic E-state index is 0.104. The van der Waals surface area contributed by atoms with Crippen molar-refractivity contribution in [2.45, 2.75) is 31.4 Å². The molecule has 1 saturated carbocycles. The topological polar surface area (TPSA) is 72.0 Å². The summed E-state index contributed by atoms with van der Waals surface area (Å²) >= 11 is 0. The molecule has 1 aromatic rings. The van der Waals surface area contributed by atoms with Crippen LogP contribution in [0.25, 0.3) is 0 Å². The van der Waals surface area contributed by atoms with Gasteiger partial charge < -0.3 is 10.8 Å². The summed E-state index contributed by atoms with van der Waals surface area (Å²) in [6.07, 6.45) is 7.34. The highest BCUT2D eigenvalue weighted by Crippen LogP contribution is 2.33. The fourth-order valence-electron chi connectivity index (χ4n) is 2.09. The van der Waals surface area contributed by atoms with Crippen molar-refractivity contribution in [2.75, 3.05) is 0 Å². The van der Waals surface area contributed by atoms with Crippen molar-refractivity contribution in [3.05, 3.63) is 24.3 Å². The van der Waals surface area contributed by atoms with Gasteiger partial charge in [-0.15, -0.1) is 0 Å². The Bertz CT molecular complexity index is 291. The molecule has 0 spiro atoms. The molecular formula is C10H15N3O. The molecule has 76 valence electrons. The van der Waals surface area contributed by atoms with E-state index in [2.05, 4.69) is 9.97 Å². The van der Waals surface area contributed by atoms with Gasteiger partial charge in [-0.05, 0) is 12.8 Å². The summed E-state index contributed by atoms with van der Waals surface area (Å²) in [5, 5.41) is 10.0. The van der Waals surface area contributed by atoms with Crippen molar-refractivity contribution >= 4 is 0 Å². The number of aromatic nitrogens is 2. The molecule has 14 heavy (non-hydrogen) atoms. The Labute approximate surface area is 83.2 Å². The molecule has 0 aromatic carbocycles. The van der Waals surface area contributed by atoms with Gasteiger partial charge in [-0.3, -0.25) is 9.97 Å². The smallest absolute Gasteiger partial charge is 0.102 e. The number of nitrogens with zero attached hydrogens (tertiary/aromatic N) is 2. The van der Waals surface area contributed by atoms with E-state index >= 15 is 0 Å². The van der Waals surface area contributed by atoms with Gasteiger partial charge in [0.25, 0.3) is 0 Å². The molecule has 3 atom stereocenters. The van der Waals surface area contributed by atoms with Crippen LogP contribution in [-0.2, 0) is 0 Å². The van der Waals surface area contributed by atoms with Gasteiger partial charge in [0.2, 0.25) is 0 Å². The fourth-order valence-corrected chi connectivity index (χ4v) is 2.09. The third-order valence-corrected chi connectivity index (χ3v) is 2.92. The maximum Gasteiger partial charge on any atom is 0.102 e. The first-order chi connectivity index (χ1) is 6.79. The predicted octanol–water partition coefficient (Wildman–Crippen LogP) is 0.637. The Morgan fingerprint density at radius 1 is 1.43 bits per heavy atom. The fraction of sp³-hybridized carbons (Fsp3) is 0.600. The van der Waals surface area contributed by atoms with Gasteiger partial charge >= 0.3 is 0 Å². The Balaban J connectivity index is 2.12. The average molecular weight is 193 g/mol. The maximum absolute atomic E-state index is 10.0. The van der Waals surface area contributed by atoms with Gasteiger partial charge in [0, 0.05) is 24.4 Å². The summed E-state index contributed by atoms with van der Waals surface area (Å²) in [6.45, 7) is 0. The molecule has 3 N–H and O–H groups in total. The summed E-state index contributed by atoms with van der Waals surface area (Å²) in [7, 11) is 0. The molecule has 0 bridgehead atoms. The molecule has 1 aliphatic rings. The molecule has 4 heteroatoms. The number of hydrogen-bond donors (Lipinski definition) is 2. The van der Waals surface area contributed by atoms with E-state index in [4.69, 9.17) is 5.73 Å². The highest BCUT2D eigenvalue weighted by Gasteiger charge is 2.31. The zero-order chi connectivity index (χ0) is 9.97. The van der Waals surface area contributed by atoms with Crippen LogP contribution in [-0.4, -0.2) is 21.1 Å². The zero-order valence-electron chi connectivity index (χ0n) is 8.00. The lowest BCUT2D eigenvalue weighted by atomic mass is 9.95. The van der Waals surface area contributed by atoms with E-state index in [9.17, 15) is 5.11 Å². The predicted molar refractivity (Wildman–Crippen MR) is 52.3 cm³/mol. The highest BCUT2D eigenvalue weighted by atomic mass is 16.3. The number of aliphatic hydroxyl groups excluding tert-OH is 1. The number of aliphatic hydroxyl groups is 1. The lowest BCUT2D eigenvalue weighted by Gasteiger charge is -2.20. The van der Waals surface area contributed by atoms with E-state index in [0.717, 1.165) is 19.3 Å². The van der Waals surface area contributed by atoms with Crippen molar-refractivity contribution in [1.29, 1.82) is 0 Å². The molecule has 0 amide bonds. The first-order valence-corrected chi connectivity index (χ1v) is 4.98. The minimum Gasteiger partial charge on any atom is -0.386 e. The Hall–Kier alpha value is -1.00. The monoisotopic (exact) mass is 193 g/mol. The Kier molecular flexibility index (Phi) is 2.74. The van der Waals surface area contributed by atoms with Gasteiger partial charge in [0.15, 0.2) is 0 Å². The van der Waals surface area contributed by atoms with E-state index in [1.54, 1.807) is 18.6 Å². The first-order valence-electron chi connectivity index (χ1n) is 4.98. The average Bonchev–Trinajstić information content (AvgIpc) is 2.65. The zero-order valence-corrected chi connectivity index (χ0v) is 8.00. The number of hydrogen-bond acceptors (Lipinski definition) is 4. The molecule has 4 nitrogen and oxygen atoms in total. The lowest BCUT2D eigenvalue weighted by Crippen LogP contribution is -2.29. The molecular weight excluding hydrogens is 178 g/mol. The summed E-state index contributed by atoms with van der Waals surface area (Å²) in [5.74, 6) is 0.145. The summed E-state index contributed by atoms with van der Waals surface area (Å²) < 4.78 is 0. The van der Waals surface area contributed by atoms with Crippen molar-refractivity contribution in [3.8, 4) is 0 Å². The second kappa shape index (κ2) is 4.02. The van der Waals surface area contributed by atoms with Gasteiger partial charge in [-0.2, -0.15) is 0 Å². The van der Waals surface area contributed by atoms with E-state index in [1.807, 2.05) is 0 Å². The van der Waals surface area contributed by atoms with Crippen LogP contribution in [0, 0.1) is 5.92 Å². The van der Waals surface area contributed by atoms with Crippen LogP contribution in [0.5, 0.6) is 0 Å². The number of nitrogens with two attached hydrogens (primary N) is 1. The van der Waals surface area contributed by atoms with E-state index in [-0.39, 0.29) is 12.0 Å². The Morgan fingerprint density at radius 2 is 2.29 bits per heavy atom. The van der Waals surface area contributed by atoms with Crippen LogP contribution in [0.15, 0.2) is 18.6 Å². The summed E-state index contributed by atoms with van der Waals surface area (Å²) in [6, 6.07) is 0.104. The van der Waals surface area contributed by atoms with Crippen LogP contribution in [0.2, 0.25) is 0 Å². The van der Waals surface area contributed by atoms with Crippen LogP contribution < -0.4 is 5.73 Å². The largest absolute Gasteiger partial charge is 0.386 e. The third kappa shape index (κ3) is 1.76. The molecule has 2 rings (SSSR count). The molecule has 1 aromatic heterocycles. The molecule has 0 saturated heterocycles. The maximum atomic E-state index is 10.0. The van der Waals surface area contributed by atoms with Crippen LogP contribution in [0.3, 0.4) is 0 Å². The van der Waals surface area contributed by atoms with E-state index < -0.39 is 6.10 Å². The van der Waals surface area contributed by atoms with Crippen LogP contribution in [0.4, 0.5) is 0 Å². The second-order valence-electron chi connectivity index (χ2n) is 3.83. The first kappa shape index (κ1) is 9.55. The van der Waals surface area contributed by atoms with Gasteiger partial charge in [-0.1, -0.05) is 6.42 Å². The van der Waals surface area contributed by atoms with Crippen LogP contribution >= 0.6 is 0 Å². The van der Waals surface area contributed by atoms with Crippen molar-refractivity contribution in [3.63, 3.8) is 0 Å². The van der Waals surface area contributed by atoms with Crippen molar-refractivity contribution in [1.82, 2.24) is 9.97 Å². The molecule has 0 aliphatic heterocycles. The SMILES string of the molecule is N[C@@H]1CCC[C@@H]1C(O)c1cnccn1. The number of rotatable bonds is 2. The van der Waals surface area contributed by atoms with Crippen LogP contribution in [0.1, 0.15) is 31.1 Å². The highest BCUT2D eigenvalue weighted by molar-refractivity contribution is 5.03. The molecule has 1 unspecified atom stereocenters. The quantitative estimate of drug-likeness (QED) is 0.723. The Morgan fingerprint density at radius 3 is 2.86 bits per heavy atom. The molecule has 0 radical (unpaired) electrons. The molecule has 1 aliphatic carbocycles. The third-order valence-electron chi connectivity index (χ3n) is 2.92. The van der Waals surface area contributed by atoms with Gasteiger partial charge in [0.05, 0.1) is 11.9 Å². The minimum atomic E-state index is -0.554.